The summed E-state index contributed by atoms with van der Waals surface area (Å²) in [5, 5.41) is 11.7. The van der Waals surface area contributed by atoms with Gasteiger partial charge in [0.1, 0.15) is 17.4 Å². The van der Waals surface area contributed by atoms with Gasteiger partial charge in [-0.2, -0.15) is 5.26 Å². The first-order valence-electron chi connectivity index (χ1n) is 10.9. The second kappa shape index (κ2) is 7.83. The molecule has 0 amide bonds. The lowest BCUT2D eigenvalue weighted by Crippen LogP contribution is -2.33. The molecule has 166 valence electrons. The van der Waals surface area contributed by atoms with Crippen molar-refractivity contribution in [3.05, 3.63) is 93.7 Å². The zero-order chi connectivity index (χ0) is 23.3. The van der Waals surface area contributed by atoms with Crippen LogP contribution in [0, 0.1) is 16.7 Å². The molecule has 2 aliphatic rings. The molecule has 0 saturated heterocycles. The second-order valence-electron chi connectivity index (χ2n) is 9.56. The van der Waals surface area contributed by atoms with Crippen molar-refractivity contribution in [2.75, 3.05) is 0 Å². The van der Waals surface area contributed by atoms with Crippen LogP contribution in [0.3, 0.4) is 0 Å². The lowest BCUT2D eigenvalue weighted by molar-refractivity contribution is -0.119. The molecule has 1 unspecified atom stereocenters. The van der Waals surface area contributed by atoms with E-state index in [9.17, 15) is 10.1 Å². The summed E-state index contributed by atoms with van der Waals surface area (Å²) in [6.45, 7) is 4.73. The number of para-hydroxylation sites is 1. The molecule has 2 heterocycles. The van der Waals surface area contributed by atoms with Gasteiger partial charge in [0.25, 0.3) is 0 Å². The van der Waals surface area contributed by atoms with Gasteiger partial charge in [-0.25, -0.2) is 0 Å². The Kier molecular flexibility index (Phi) is 5.07. The average Bonchev–Trinajstić information content (AvgIpc) is 3.11. The highest BCUT2D eigenvalue weighted by Gasteiger charge is 2.43. The van der Waals surface area contributed by atoms with E-state index in [-0.39, 0.29) is 22.7 Å². The minimum atomic E-state index is -0.543. The number of Topliss-reactive ketones (excluding diaryl/α,β-unsaturated/α-hetero) is 1. The van der Waals surface area contributed by atoms with Crippen LogP contribution in [0.4, 0.5) is 0 Å². The van der Waals surface area contributed by atoms with E-state index < -0.39 is 5.92 Å². The first-order valence-corrected chi connectivity index (χ1v) is 11.3. The molecule has 1 aliphatic carbocycles. The highest BCUT2D eigenvalue weighted by molar-refractivity contribution is 6.30. The normalized spacial score (nSPS) is 19.9. The Morgan fingerprint density at radius 2 is 1.91 bits per heavy atom. The SMILES string of the molecule is CC1(C)CC(=O)C2=C(C1)OC(N)=C(C#N)C2c1cn(Cc2ccc(Cl)cc2)c2ccccc12. The zero-order valence-electron chi connectivity index (χ0n) is 18.6. The molecule has 5 nitrogen and oxygen atoms in total. The van der Waals surface area contributed by atoms with Gasteiger partial charge >= 0.3 is 0 Å². The van der Waals surface area contributed by atoms with E-state index in [1.54, 1.807) is 0 Å². The third-order valence-electron chi connectivity index (χ3n) is 6.47. The number of nitrogens with zero attached hydrogens (tertiary/aromatic N) is 2. The topological polar surface area (TPSA) is 81.0 Å². The molecule has 0 bridgehead atoms. The van der Waals surface area contributed by atoms with E-state index in [1.807, 2.05) is 68.6 Å². The fourth-order valence-electron chi connectivity index (χ4n) is 5.02. The van der Waals surface area contributed by atoms with Crippen LogP contribution < -0.4 is 5.73 Å². The molecule has 0 radical (unpaired) electrons. The fourth-order valence-corrected chi connectivity index (χ4v) is 5.14. The highest BCUT2D eigenvalue weighted by Crippen LogP contribution is 2.49. The van der Waals surface area contributed by atoms with Crippen LogP contribution in [-0.4, -0.2) is 10.4 Å². The highest BCUT2D eigenvalue weighted by atomic mass is 35.5. The van der Waals surface area contributed by atoms with E-state index in [1.165, 1.54) is 0 Å². The Morgan fingerprint density at radius 3 is 2.64 bits per heavy atom. The van der Waals surface area contributed by atoms with Crippen LogP contribution in [0.15, 0.2) is 77.5 Å². The maximum atomic E-state index is 13.3. The smallest absolute Gasteiger partial charge is 0.205 e. The zero-order valence-corrected chi connectivity index (χ0v) is 19.3. The Morgan fingerprint density at radius 1 is 1.18 bits per heavy atom. The van der Waals surface area contributed by atoms with Crippen molar-refractivity contribution in [3.63, 3.8) is 0 Å². The van der Waals surface area contributed by atoms with Gasteiger partial charge in [-0.1, -0.05) is 55.8 Å². The van der Waals surface area contributed by atoms with Crippen LogP contribution in [0.25, 0.3) is 10.9 Å². The van der Waals surface area contributed by atoms with Crippen molar-refractivity contribution >= 4 is 28.3 Å². The van der Waals surface area contributed by atoms with Crippen molar-refractivity contribution < 1.29 is 9.53 Å². The van der Waals surface area contributed by atoms with Crippen LogP contribution in [0.5, 0.6) is 0 Å². The molecule has 0 saturated carbocycles. The van der Waals surface area contributed by atoms with E-state index in [0.29, 0.717) is 35.7 Å². The number of ketones is 1. The maximum absolute atomic E-state index is 13.3. The number of halogens is 1. The number of carbonyl (C=O) groups excluding carboxylic acids is 1. The summed E-state index contributed by atoms with van der Waals surface area (Å²) in [6, 6.07) is 18.0. The first-order chi connectivity index (χ1) is 15.8. The Balaban J connectivity index is 1.69. The van der Waals surface area contributed by atoms with Gasteiger partial charge in [0.05, 0.1) is 5.92 Å². The molecule has 2 N–H and O–H groups in total. The molecule has 0 fully saturated rings. The third-order valence-corrected chi connectivity index (χ3v) is 6.72. The number of ether oxygens (including phenoxy) is 1. The molecule has 2 aromatic carbocycles. The standard InChI is InChI=1S/C27H24ClN3O2/c1-27(2)11-22(32)25-23(12-27)33-26(30)19(13-29)24(25)20-15-31(21-6-4-3-5-18(20)21)14-16-7-9-17(28)10-8-16/h3-10,15,24H,11-12,14,30H2,1-2H3. The number of allylic oxidation sites excluding steroid dienone is 3. The Bertz CT molecular complexity index is 1390. The van der Waals surface area contributed by atoms with Gasteiger partial charge in [0.15, 0.2) is 5.78 Å². The second-order valence-corrected chi connectivity index (χ2v) is 9.99. The fraction of sp³-hybridized carbons (Fsp3) is 0.259. The number of hydrogen-bond acceptors (Lipinski definition) is 4. The quantitative estimate of drug-likeness (QED) is 0.539. The third kappa shape index (κ3) is 3.71. The molecule has 1 atom stereocenters. The van der Waals surface area contributed by atoms with Gasteiger partial charge in [-0.15, -0.1) is 0 Å². The van der Waals surface area contributed by atoms with Gasteiger partial charge in [-0.3, -0.25) is 4.79 Å². The van der Waals surface area contributed by atoms with Crippen LogP contribution in [0.1, 0.15) is 43.7 Å². The minimum absolute atomic E-state index is 0.0148. The first kappa shape index (κ1) is 21.4. The predicted molar refractivity (Wildman–Crippen MR) is 128 cm³/mol. The van der Waals surface area contributed by atoms with Crippen molar-refractivity contribution in [1.29, 1.82) is 5.26 Å². The summed E-state index contributed by atoms with van der Waals surface area (Å²) in [5.41, 5.74) is 9.87. The number of benzene rings is 2. The lowest BCUT2D eigenvalue weighted by atomic mass is 9.70. The average molecular weight is 458 g/mol. The Labute approximate surface area is 197 Å². The van der Waals surface area contributed by atoms with E-state index in [0.717, 1.165) is 22.0 Å². The van der Waals surface area contributed by atoms with Gasteiger partial charge in [0.2, 0.25) is 5.88 Å². The molecule has 6 heteroatoms. The molecule has 1 aliphatic heterocycles. The number of hydrogen-bond donors (Lipinski definition) is 1. The summed E-state index contributed by atoms with van der Waals surface area (Å²) in [5.74, 6) is 0.147. The van der Waals surface area contributed by atoms with E-state index in [2.05, 4.69) is 10.6 Å². The van der Waals surface area contributed by atoms with Gasteiger partial charge < -0.3 is 15.0 Å². The summed E-state index contributed by atoms with van der Waals surface area (Å²) in [4.78, 5) is 13.3. The van der Waals surface area contributed by atoms with Crippen molar-refractivity contribution in [2.45, 2.75) is 39.2 Å². The minimum Gasteiger partial charge on any atom is -0.444 e. The summed E-state index contributed by atoms with van der Waals surface area (Å²) >= 11 is 6.06. The summed E-state index contributed by atoms with van der Waals surface area (Å²) in [6.07, 6.45) is 3.05. The molecular weight excluding hydrogens is 434 g/mol. The van der Waals surface area contributed by atoms with E-state index >= 15 is 0 Å². The lowest BCUT2D eigenvalue weighted by Gasteiger charge is -2.37. The number of rotatable bonds is 3. The largest absolute Gasteiger partial charge is 0.444 e. The van der Waals surface area contributed by atoms with Crippen molar-refractivity contribution in [2.24, 2.45) is 11.1 Å². The Hall–Kier alpha value is -3.49. The van der Waals surface area contributed by atoms with Crippen LogP contribution >= 0.6 is 11.6 Å². The number of nitrogens with two attached hydrogens (primary N) is 1. The predicted octanol–water partition coefficient (Wildman–Crippen LogP) is 5.79. The number of carbonyl (C=O) groups is 1. The van der Waals surface area contributed by atoms with Crippen LogP contribution in [0.2, 0.25) is 5.02 Å². The molecule has 3 aromatic rings. The summed E-state index contributed by atoms with van der Waals surface area (Å²) in [7, 11) is 0. The monoisotopic (exact) mass is 457 g/mol. The number of aromatic nitrogens is 1. The maximum Gasteiger partial charge on any atom is 0.205 e. The number of fused-ring (bicyclic) bond motifs is 1. The van der Waals surface area contributed by atoms with Crippen molar-refractivity contribution in [1.82, 2.24) is 4.57 Å². The van der Waals surface area contributed by atoms with Crippen molar-refractivity contribution in [3.8, 4) is 6.07 Å². The number of nitriles is 1. The molecule has 5 rings (SSSR count). The molecular formula is C27H24ClN3O2. The molecule has 33 heavy (non-hydrogen) atoms. The van der Waals surface area contributed by atoms with Crippen LogP contribution in [-0.2, 0) is 16.1 Å². The molecule has 1 aromatic heterocycles. The van der Waals surface area contributed by atoms with Gasteiger partial charge in [0, 0.05) is 47.1 Å². The molecule has 0 spiro atoms. The van der Waals surface area contributed by atoms with Gasteiger partial charge in [-0.05, 0) is 34.7 Å². The summed E-state index contributed by atoms with van der Waals surface area (Å²) < 4.78 is 8.00. The van der Waals surface area contributed by atoms with E-state index in [4.69, 9.17) is 22.1 Å².